The molecule has 0 saturated carbocycles. The van der Waals surface area contributed by atoms with Crippen molar-refractivity contribution in [1.29, 1.82) is 0 Å². The fourth-order valence-electron chi connectivity index (χ4n) is 3.61. The molecule has 0 atom stereocenters. The van der Waals surface area contributed by atoms with Gasteiger partial charge in [-0.05, 0) is 36.2 Å². The Labute approximate surface area is 179 Å². The molecule has 0 N–H and O–H groups in total. The molecule has 8 nitrogen and oxygen atoms in total. The summed E-state index contributed by atoms with van der Waals surface area (Å²) < 4.78 is 5.39. The number of rotatable bonds is 7. The lowest BCUT2D eigenvalue weighted by Crippen LogP contribution is -2.40. The van der Waals surface area contributed by atoms with E-state index in [9.17, 15) is 14.4 Å². The lowest BCUT2D eigenvalue weighted by atomic mass is 10.2. The number of carbonyl (C=O) groups is 3. The van der Waals surface area contributed by atoms with Crippen LogP contribution in [-0.2, 0) is 27.4 Å². The number of benzene rings is 1. The highest BCUT2D eigenvalue weighted by atomic mass is 32.1. The van der Waals surface area contributed by atoms with Gasteiger partial charge >= 0.3 is 17.8 Å². The Bertz CT molecular complexity index is 910. The Morgan fingerprint density at radius 2 is 1.70 bits per heavy atom. The minimum atomic E-state index is -0.772. The molecule has 1 aromatic heterocycles. The minimum absolute atomic E-state index is 0.0650. The summed E-state index contributed by atoms with van der Waals surface area (Å²) in [6, 6.07) is 11.4. The van der Waals surface area contributed by atoms with Crippen LogP contribution in [0.25, 0.3) is 0 Å². The maximum atomic E-state index is 12.6. The zero-order chi connectivity index (χ0) is 21.1. The van der Waals surface area contributed by atoms with Crippen LogP contribution >= 0.6 is 11.3 Å². The molecule has 2 saturated heterocycles. The van der Waals surface area contributed by atoms with Gasteiger partial charge in [0, 0.05) is 30.2 Å². The number of amides is 4. The van der Waals surface area contributed by atoms with Gasteiger partial charge in [-0.1, -0.05) is 18.2 Å². The molecule has 9 heteroatoms. The van der Waals surface area contributed by atoms with Gasteiger partial charge in [-0.25, -0.2) is 9.69 Å². The number of thiophene rings is 1. The summed E-state index contributed by atoms with van der Waals surface area (Å²) in [7, 11) is 1.82. The summed E-state index contributed by atoms with van der Waals surface area (Å²) in [5, 5.41) is 1.87. The van der Waals surface area contributed by atoms with Crippen LogP contribution < -0.4 is 4.90 Å². The van der Waals surface area contributed by atoms with Crippen LogP contribution in [0.4, 0.5) is 10.5 Å². The van der Waals surface area contributed by atoms with Crippen molar-refractivity contribution < 1.29 is 19.1 Å². The van der Waals surface area contributed by atoms with E-state index in [1.165, 1.54) is 11.3 Å². The average Bonchev–Trinajstić information content (AvgIpc) is 3.34. The summed E-state index contributed by atoms with van der Waals surface area (Å²) in [5.74, 6) is -1.54. The maximum absolute atomic E-state index is 12.6. The monoisotopic (exact) mass is 428 g/mol. The van der Waals surface area contributed by atoms with Crippen molar-refractivity contribution in [3.05, 3.63) is 52.2 Å². The molecule has 1 aromatic carbocycles. The lowest BCUT2D eigenvalue weighted by Gasteiger charge is -2.29. The molecule has 4 amide bonds. The second-order valence-electron chi connectivity index (χ2n) is 7.41. The molecule has 0 bridgehead atoms. The Balaban J connectivity index is 1.35. The van der Waals surface area contributed by atoms with Crippen molar-refractivity contribution in [2.75, 3.05) is 44.9 Å². The van der Waals surface area contributed by atoms with Gasteiger partial charge in [0.2, 0.25) is 0 Å². The smallest absolute Gasteiger partial charge is 0.335 e. The number of anilines is 1. The number of imide groups is 2. The Kier molecular flexibility index (Phi) is 6.12. The van der Waals surface area contributed by atoms with Gasteiger partial charge in [-0.15, -0.1) is 11.3 Å². The van der Waals surface area contributed by atoms with E-state index < -0.39 is 17.8 Å². The second kappa shape index (κ2) is 8.95. The van der Waals surface area contributed by atoms with Crippen LogP contribution in [0.1, 0.15) is 10.4 Å². The predicted molar refractivity (Wildman–Crippen MR) is 113 cm³/mol. The Morgan fingerprint density at radius 3 is 2.37 bits per heavy atom. The molecule has 2 fully saturated rings. The number of ether oxygens (including phenoxy) is 1. The van der Waals surface area contributed by atoms with E-state index >= 15 is 0 Å². The first-order valence-corrected chi connectivity index (χ1v) is 10.7. The molecule has 2 aliphatic rings. The van der Waals surface area contributed by atoms with E-state index in [2.05, 4.69) is 17.0 Å². The number of hydrogen-bond acceptors (Lipinski definition) is 7. The van der Waals surface area contributed by atoms with E-state index in [1.54, 1.807) is 0 Å². The van der Waals surface area contributed by atoms with Gasteiger partial charge in [0.05, 0.1) is 26.4 Å². The second-order valence-corrected chi connectivity index (χ2v) is 8.44. The molecule has 4 rings (SSSR count). The van der Waals surface area contributed by atoms with E-state index in [1.807, 2.05) is 41.6 Å². The summed E-state index contributed by atoms with van der Waals surface area (Å²) in [5.41, 5.74) is 2.22. The number of urea groups is 1. The fraction of sp³-hybridized carbons (Fsp3) is 0.381. The van der Waals surface area contributed by atoms with Crippen molar-refractivity contribution >= 4 is 34.9 Å². The van der Waals surface area contributed by atoms with Gasteiger partial charge in [-0.3, -0.25) is 19.4 Å². The lowest BCUT2D eigenvalue weighted by molar-refractivity contribution is -0.144. The SMILES string of the molecule is CN(Cc1ccc(N2CCOCC2)cc1)CN1C(=O)C(=O)N(Cc2cccs2)C1=O. The summed E-state index contributed by atoms with van der Waals surface area (Å²) >= 11 is 1.45. The summed E-state index contributed by atoms with van der Waals surface area (Å²) in [4.78, 5) is 44.3. The molecule has 2 aromatic rings. The topological polar surface area (TPSA) is 73.4 Å². The molecule has 0 radical (unpaired) electrons. The van der Waals surface area contributed by atoms with Crippen LogP contribution in [0.3, 0.4) is 0 Å². The van der Waals surface area contributed by atoms with Crippen molar-refractivity contribution in [2.24, 2.45) is 0 Å². The maximum Gasteiger partial charge on any atom is 0.335 e. The first-order chi connectivity index (χ1) is 14.5. The summed E-state index contributed by atoms with van der Waals surface area (Å²) in [6.45, 7) is 4.00. The third-order valence-corrected chi connectivity index (χ3v) is 6.04. The standard InChI is InChI=1S/C21H24N4O4S/c1-22(13-16-4-6-17(7-5-16)23-8-10-29-11-9-23)15-25-20(27)19(26)24(21(25)28)14-18-3-2-12-30-18/h2-7,12H,8-11,13-15H2,1H3. The molecule has 3 heterocycles. The highest BCUT2D eigenvalue weighted by Gasteiger charge is 2.44. The fourth-order valence-corrected chi connectivity index (χ4v) is 4.30. The highest BCUT2D eigenvalue weighted by molar-refractivity contribution is 7.09. The number of carbonyl (C=O) groups excluding carboxylic acids is 3. The van der Waals surface area contributed by atoms with Crippen LogP contribution in [0.5, 0.6) is 0 Å². The molecule has 2 aliphatic heterocycles. The molecule has 30 heavy (non-hydrogen) atoms. The van der Waals surface area contributed by atoms with Crippen LogP contribution in [0.2, 0.25) is 0 Å². The highest BCUT2D eigenvalue weighted by Crippen LogP contribution is 2.20. The predicted octanol–water partition coefficient (Wildman–Crippen LogP) is 1.97. The summed E-state index contributed by atoms with van der Waals surface area (Å²) in [6.07, 6.45) is 0. The van der Waals surface area contributed by atoms with Crippen molar-refractivity contribution in [3.63, 3.8) is 0 Å². The third-order valence-electron chi connectivity index (χ3n) is 5.18. The van der Waals surface area contributed by atoms with E-state index in [0.717, 1.165) is 52.2 Å². The van der Waals surface area contributed by atoms with E-state index in [4.69, 9.17) is 4.74 Å². The number of hydrogen-bond donors (Lipinski definition) is 0. The van der Waals surface area contributed by atoms with Gasteiger partial charge < -0.3 is 9.64 Å². The average molecular weight is 429 g/mol. The van der Waals surface area contributed by atoms with Crippen molar-refractivity contribution in [2.45, 2.75) is 13.1 Å². The largest absolute Gasteiger partial charge is 0.378 e. The van der Waals surface area contributed by atoms with Gasteiger partial charge in [0.15, 0.2) is 0 Å². The van der Waals surface area contributed by atoms with Crippen LogP contribution in [0.15, 0.2) is 41.8 Å². The quantitative estimate of drug-likeness (QED) is 0.496. The van der Waals surface area contributed by atoms with Crippen molar-refractivity contribution in [3.8, 4) is 0 Å². The Morgan fingerprint density at radius 1 is 1.00 bits per heavy atom. The number of nitrogens with zero attached hydrogens (tertiary/aromatic N) is 4. The molecule has 0 spiro atoms. The molecular formula is C21H24N4O4S. The van der Waals surface area contributed by atoms with E-state index in [0.29, 0.717) is 6.54 Å². The molecule has 0 aliphatic carbocycles. The molecule has 0 unspecified atom stereocenters. The van der Waals surface area contributed by atoms with Crippen LogP contribution in [0, 0.1) is 0 Å². The zero-order valence-electron chi connectivity index (χ0n) is 16.8. The van der Waals surface area contributed by atoms with Gasteiger partial charge in [0.25, 0.3) is 0 Å². The first-order valence-electron chi connectivity index (χ1n) is 9.83. The first kappa shape index (κ1) is 20.5. The minimum Gasteiger partial charge on any atom is -0.378 e. The third kappa shape index (κ3) is 4.38. The Hall–Kier alpha value is -2.75. The normalized spacial score (nSPS) is 17.5. The molecular weight excluding hydrogens is 404 g/mol. The molecule has 158 valence electrons. The van der Waals surface area contributed by atoms with E-state index in [-0.39, 0.29) is 13.2 Å². The van der Waals surface area contributed by atoms with Crippen molar-refractivity contribution in [1.82, 2.24) is 14.7 Å². The zero-order valence-corrected chi connectivity index (χ0v) is 17.6. The van der Waals surface area contributed by atoms with Gasteiger partial charge in [-0.2, -0.15) is 0 Å². The number of morpholine rings is 1. The van der Waals surface area contributed by atoms with Gasteiger partial charge in [0.1, 0.15) is 0 Å². The van der Waals surface area contributed by atoms with Crippen LogP contribution in [-0.4, -0.2) is 72.6 Å².